The van der Waals surface area contributed by atoms with Crippen molar-refractivity contribution in [1.29, 1.82) is 0 Å². The fourth-order valence-corrected chi connectivity index (χ4v) is 1.63. The second kappa shape index (κ2) is 4.35. The van der Waals surface area contributed by atoms with Gasteiger partial charge in [0, 0.05) is 10.0 Å². The average Bonchev–Trinajstić information content (AvgIpc) is 2.71. The molecule has 0 spiro atoms. The van der Waals surface area contributed by atoms with Gasteiger partial charge in [-0.05, 0) is 31.5 Å². The second-order valence-corrected chi connectivity index (χ2v) is 4.45. The Balaban J connectivity index is 2.39. The highest BCUT2D eigenvalue weighted by Gasteiger charge is 2.12. The summed E-state index contributed by atoms with van der Waals surface area (Å²) in [7, 11) is 0. The van der Waals surface area contributed by atoms with Gasteiger partial charge >= 0.3 is 0 Å². The van der Waals surface area contributed by atoms with Crippen molar-refractivity contribution in [1.82, 2.24) is 10.1 Å². The smallest absolute Gasteiger partial charge is 0.258 e. The lowest BCUT2D eigenvalue weighted by Gasteiger charge is -1.99. The Hall–Kier alpha value is -1.20. The molecule has 1 unspecified atom stereocenters. The van der Waals surface area contributed by atoms with Crippen LogP contribution in [0, 0.1) is 6.92 Å². The van der Waals surface area contributed by atoms with E-state index < -0.39 is 6.10 Å². The van der Waals surface area contributed by atoms with E-state index in [4.69, 9.17) is 4.52 Å². The van der Waals surface area contributed by atoms with Crippen molar-refractivity contribution in [3.8, 4) is 11.5 Å². The molecular formula is C11H11BrN2O2. The molecule has 0 radical (unpaired) electrons. The Morgan fingerprint density at radius 2 is 2.19 bits per heavy atom. The lowest BCUT2D eigenvalue weighted by Crippen LogP contribution is -1.93. The third kappa shape index (κ3) is 2.15. The largest absolute Gasteiger partial charge is 0.385 e. The van der Waals surface area contributed by atoms with Gasteiger partial charge in [-0.3, -0.25) is 0 Å². The summed E-state index contributed by atoms with van der Waals surface area (Å²) >= 11 is 3.44. The number of hydrogen-bond donors (Lipinski definition) is 1. The fourth-order valence-electron chi connectivity index (χ4n) is 1.25. The molecular weight excluding hydrogens is 272 g/mol. The van der Waals surface area contributed by atoms with Crippen LogP contribution in [0.15, 0.2) is 27.2 Å². The lowest BCUT2D eigenvalue weighted by molar-refractivity contribution is 0.184. The minimum absolute atomic E-state index is 0.298. The maximum absolute atomic E-state index is 9.29. The van der Waals surface area contributed by atoms with Crippen molar-refractivity contribution in [2.24, 2.45) is 0 Å². The van der Waals surface area contributed by atoms with E-state index >= 15 is 0 Å². The van der Waals surface area contributed by atoms with Crippen molar-refractivity contribution in [3.05, 3.63) is 34.1 Å². The Morgan fingerprint density at radius 3 is 2.75 bits per heavy atom. The number of aliphatic hydroxyl groups excluding tert-OH is 1. The molecule has 84 valence electrons. The van der Waals surface area contributed by atoms with E-state index in [0.29, 0.717) is 11.7 Å². The standard InChI is InChI=1S/C11H11BrN2O2/c1-6-3-4-8(5-9(6)12)11-13-10(7(2)15)14-16-11/h3-5,7,15H,1-2H3. The van der Waals surface area contributed by atoms with Gasteiger partial charge in [-0.2, -0.15) is 4.98 Å². The highest BCUT2D eigenvalue weighted by molar-refractivity contribution is 9.10. The van der Waals surface area contributed by atoms with E-state index in [9.17, 15) is 5.11 Å². The first-order valence-electron chi connectivity index (χ1n) is 4.86. The van der Waals surface area contributed by atoms with Crippen LogP contribution < -0.4 is 0 Å². The SMILES string of the molecule is Cc1ccc(-c2nc(C(C)O)no2)cc1Br. The van der Waals surface area contributed by atoms with E-state index in [0.717, 1.165) is 15.6 Å². The van der Waals surface area contributed by atoms with Crippen LogP contribution in [0.3, 0.4) is 0 Å². The van der Waals surface area contributed by atoms with Crippen molar-refractivity contribution in [2.75, 3.05) is 0 Å². The van der Waals surface area contributed by atoms with Gasteiger partial charge in [0.25, 0.3) is 5.89 Å². The van der Waals surface area contributed by atoms with Crippen LogP contribution in [0.1, 0.15) is 24.4 Å². The van der Waals surface area contributed by atoms with Crippen LogP contribution in [-0.4, -0.2) is 15.2 Å². The number of aromatic nitrogens is 2. The molecule has 0 saturated carbocycles. The summed E-state index contributed by atoms with van der Waals surface area (Å²) in [5.41, 5.74) is 1.97. The summed E-state index contributed by atoms with van der Waals surface area (Å²) in [4.78, 5) is 4.10. The highest BCUT2D eigenvalue weighted by Crippen LogP contribution is 2.25. The van der Waals surface area contributed by atoms with E-state index in [2.05, 4.69) is 26.1 Å². The predicted octanol–water partition coefficient (Wildman–Crippen LogP) is 2.86. The molecule has 2 aromatic rings. The molecule has 1 N–H and O–H groups in total. The van der Waals surface area contributed by atoms with Crippen molar-refractivity contribution in [2.45, 2.75) is 20.0 Å². The molecule has 0 amide bonds. The maximum atomic E-state index is 9.29. The summed E-state index contributed by atoms with van der Waals surface area (Å²) < 4.78 is 6.05. The van der Waals surface area contributed by atoms with Gasteiger partial charge in [0.05, 0.1) is 0 Å². The van der Waals surface area contributed by atoms with Crippen molar-refractivity contribution in [3.63, 3.8) is 0 Å². The quantitative estimate of drug-likeness (QED) is 0.920. The third-order valence-corrected chi connectivity index (χ3v) is 3.09. The summed E-state index contributed by atoms with van der Waals surface area (Å²) in [5, 5.41) is 13.0. The molecule has 0 bridgehead atoms. The first-order chi connectivity index (χ1) is 7.58. The molecule has 16 heavy (non-hydrogen) atoms. The zero-order valence-electron chi connectivity index (χ0n) is 8.94. The van der Waals surface area contributed by atoms with Gasteiger partial charge in [0.15, 0.2) is 5.82 Å². The number of halogens is 1. The fraction of sp³-hybridized carbons (Fsp3) is 0.273. The van der Waals surface area contributed by atoms with Gasteiger partial charge in [0.1, 0.15) is 6.10 Å². The topological polar surface area (TPSA) is 59.2 Å². The molecule has 0 fully saturated rings. The second-order valence-electron chi connectivity index (χ2n) is 3.60. The van der Waals surface area contributed by atoms with Gasteiger partial charge in [-0.1, -0.05) is 27.2 Å². The Bertz CT molecular complexity index is 508. The van der Waals surface area contributed by atoms with Crippen LogP contribution in [-0.2, 0) is 0 Å². The van der Waals surface area contributed by atoms with Gasteiger partial charge in [-0.25, -0.2) is 0 Å². The molecule has 1 atom stereocenters. The lowest BCUT2D eigenvalue weighted by atomic mass is 10.1. The Labute approximate surface area is 101 Å². The molecule has 5 heteroatoms. The first kappa shape index (κ1) is 11.3. The Kier molecular flexibility index (Phi) is 3.07. The summed E-state index contributed by atoms with van der Waals surface area (Å²) in [6.45, 7) is 3.60. The average molecular weight is 283 g/mol. The zero-order chi connectivity index (χ0) is 11.7. The Morgan fingerprint density at radius 1 is 1.44 bits per heavy atom. The number of nitrogens with zero attached hydrogens (tertiary/aromatic N) is 2. The van der Waals surface area contributed by atoms with Gasteiger partial charge in [0.2, 0.25) is 0 Å². The molecule has 0 aliphatic carbocycles. The molecule has 4 nitrogen and oxygen atoms in total. The van der Waals surface area contributed by atoms with Crippen LogP contribution in [0.5, 0.6) is 0 Å². The van der Waals surface area contributed by atoms with Crippen LogP contribution in [0.25, 0.3) is 11.5 Å². The maximum Gasteiger partial charge on any atom is 0.258 e. The molecule has 2 rings (SSSR count). The molecule has 1 aromatic heterocycles. The highest BCUT2D eigenvalue weighted by atomic mass is 79.9. The van der Waals surface area contributed by atoms with Crippen LogP contribution >= 0.6 is 15.9 Å². The number of rotatable bonds is 2. The monoisotopic (exact) mass is 282 g/mol. The van der Waals surface area contributed by atoms with Crippen LogP contribution in [0.4, 0.5) is 0 Å². The van der Waals surface area contributed by atoms with E-state index in [1.807, 2.05) is 25.1 Å². The predicted molar refractivity (Wildman–Crippen MR) is 62.8 cm³/mol. The third-order valence-electron chi connectivity index (χ3n) is 2.23. The van der Waals surface area contributed by atoms with Crippen LogP contribution in [0.2, 0.25) is 0 Å². The molecule has 1 heterocycles. The zero-order valence-corrected chi connectivity index (χ0v) is 10.5. The van der Waals surface area contributed by atoms with Gasteiger partial charge < -0.3 is 9.63 Å². The summed E-state index contributed by atoms with van der Waals surface area (Å²) in [6, 6.07) is 5.78. The molecule has 1 aromatic carbocycles. The molecule has 0 saturated heterocycles. The normalized spacial score (nSPS) is 12.8. The number of hydrogen-bond acceptors (Lipinski definition) is 4. The van der Waals surface area contributed by atoms with Crippen molar-refractivity contribution < 1.29 is 9.63 Å². The first-order valence-corrected chi connectivity index (χ1v) is 5.65. The molecule has 0 aliphatic rings. The number of benzene rings is 1. The van der Waals surface area contributed by atoms with E-state index in [1.54, 1.807) is 6.92 Å². The number of aryl methyl sites for hydroxylation is 1. The number of aliphatic hydroxyl groups is 1. The summed E-state index contributed by atoms with van der Waals surface area (Å²) in [5.74, 6) is 0.711. The minimum Gasteiger partial charge on any atom is -0.385 e. The minimum atomic E-state index is -0.716. The molecule has 0 aliphatic heterocycles. The van der Waals surface area contributed by atoms with Crippen molar-refractivity contribution >= 4 is 15.9 Å². The van der Waals surface area contributed by atoms with Gasteiger partial charge in [-0.15, -0.1) is 0 Å². The van der Waals surface area contributed by atoms with E-state index in [-0.39, 0.29) is 0 Å². The summed E-state index contributed by atoms with van der Waals surface area (Å²) in [6.07, 6.45) is -0.716. The van der Waals surface area contributed by atoms with E-state index in [1.165, 1.54) is 0 Å².